The van der Waals surface area contributed by atoms with Crippen molar-refractivity contribution in [3.05, 3.63) is 0 Å². The third-order valence-corrected chi connectivity index (χ3v) is 2.87. The fourth-order valence-electron chi connectivity index (χ4n) is 0.813. The van der Waals surface area contributed by atoms with E-state index in [4.69, 9.17) is 0 Å². The molecule has 0 radical (unpaired) electrons. The molecule has 0 rings (SSSR count). The van der Waals surface area contributed by atoms with Gasteiger partial charge >= 0.3 is 0 Å². The van der Waals surface area contributed by atoms with Gasteiger partial charge in [-0.1, -0.05) is 0 Å². The van der Waals surface area contributed by atoms with Gasteiger partial charge in [0.05, 0.1) is 0 Å². The number of guanidine groups is 1. The lowest BCUT2D eigenvalue weighted by atomic mass is 10.8. The van der Waals surface area contributed by atoms with E-state index in [1.807, 2.05) is 26.0 Å². The Balaban J connectivity index is 4.28. The van der Waals surface area contributed by atoms with Crippen molar-refractivity contribution in [1.29, 1.82) is 0 Å². The van der Waals surface area contributed by atoms with Crippen LogP contribution >= 0.6 is 8.07 Å². The highest BCUT2D eigenvalue weighted by molar-refractivity contribution is 7.54. The second kappa shape index (κ2) is 4.55. The Morgan fingerprint density at radius 1 is 1.18 bits per heavy atom. The molecule has 66 valence electrons. The third kappa shape index (κ3) is 3.06. The number of aliphatic imine (C=N–C) groups is 1. The molecule has 0 bridgehead atoms. The van der Waals surface area contributed by atoms with Gasteiger partial charge in [-0.2, -0.15) is 0 Å². The zero-order valence-corrected chi connectivity index (χ0v) is 9.18. The van der Waals surface area contributed by atoms with E-state index in [-0.39, 0.29) is 8.07 Å². The van der Waals surface area contributed by atoms with Crippen molar-refractivity contribution in [2.45, 2.75) is 0 Å². The van der Waals surface area contributed by atoms with E-state index in [0.717, 1.165) is 5.96 Å². The molecule has 0 saturated carbocycles. The van der Waals surface area contributed by atoms with Crippen molar-refractivity contribution in [3.8, 4) is 0 Å². The van der Waals surface area contributed by atoms with Crippen LogP contribution < -0.4 is 0 Å². The Labute approximate surface area is 70.9 Å². The summed E-state index contributed by atoms with van der Waals surface area (Å²) in [4.78, 5) is 6.22. The van der Waals surface area contributed by atoms with Gasteiger partial charge in [0.25, 0.3) is 0 Å². The van der Waals surface area contributed by atoms with Crippen molar-refractivity contribution < 1.29 is 0 Å². The summed E-state index contributed by atoms with van der Waals surface area (Å²) in [6, 6.07) is 0. The quantitative estimate of drug-likeness (QED) is 0.338. The van der Waals surface area contributed by atoms with E-state index >= 15 is 0 Å². The van der Waals surface area contributed by atoms with Crippen LogP contribution in [0, 0.1) is 0 Å². The van der Waals surface area contributed by atoms with Gasteiger partial charge in [-0.15, -0.1) is 0 Å². The Morgan fingerprint density at radius 2 is 1.64 bits per heavy atom. The lowest BCUT2D eigenvalue weighted by Crippen LogP contribution is -2.34. The van der Waals surface area contributed by atoms with Crippen LogP contribution in [0.15, 0.2) is 4.99 Å². The lowest BCUT2D eigenvalue weighted by molar-refractivity contribution is 0.547. The van der Waals surface area contributed by atoms with Gasteiger partial charge in [0.2, 0.25) is 0 Å². The van der Waals surface area contributed by atoms with E-state index in [2.05, 4.69) is 30.0 Å². The van der Waals surface area contributed by atoms with Crippen LogP contribution in [0.25, 0.3) is 0 Å². The summed E-state index contributed by atoms with van der Waals surface area (Å²) in [6.45, 7) is 4.42. The average molecular weight is 175 g/mol. The molecule has 3 nitrogen and oxygen atoms in total. The van der Waals surface area contributed by atoms with E-state index in [1.165, 1.54) is 0 Å². The summed E-state index contributed by atoms with van der Waals surface area (Å²) in [5.74, 6) is 1.04. The topological polar surface area (TPSA) is 18.8 Å². The molecule has 0 aromatic carbocycles. The van der Waals surface area contributed by atoms with Crippen molar-refractivity contribution in [3.63, 3.8) is 0 Å². The molecule has 11 heavy (non-hydrogen) atoms. The maximum absolute atomic E-state index is 4.19. The minimum atomic E-state index is -0.0784. The molecule has 0 aliphatic carbocycles. The number of hydrogen-bond acceptors (Lipinski definition) is 1. The predicted molar refractivity (Wildman–Crippen MR) is 53.6 cm³/mol. The second-order valence-corrected chi connectivity index (χ2v) is 5.08. The average Bonchev–Trinajstić information content (AvgIpc) is 1.88. The molecule has 0 aromatic rings. The third-order valence-electron chi connectivity index (χ3n) is 1.49. The maximum atomic E-state index is 4.19. The first kappa shape index (κ1) is 10.7. The second-order valence-electron chi connectivity index (χ2n) is 2.79. The summed E-state index contributed by atoms with van der Waals surface area (Å²) in [5, 5.41) is 0. The fourth-order valence-corrected chi connectivity index (χ4v) is 1.44. The molecule has 0 fully saturated rings. The first-order chi connectivity index (χ1) is 5.00. The van der Waals surface area contributed by atoms with E-state index < -0.39 is 0 Å². The van der Waals surface area contributed by atoms with Crippen molar-refractivity contribution in [2.24, 2.45) is 4.99 Å². The summed E-state index contributed by atoms with van der Waals surface area (Å²) in [5.41, 5.74) is 0. The Morgan fingerprint density at radius 3 is 1.73 bits per heavy atom. The van der Waals surface area contributed by atoms with Crippen LogP contribution in [-0.2, 0) is 0 Å². The number of nitrogens with zero attached hydrogens (tertiary/aromatic N) is 3. The SMILES string of the molecule is CN=C(N(C)C)N(C)P(C)C. The molecule has 4 heteroatoms. The van der Waals surface area contributed by atoms with E-state index in [1.54, 1.807) is 0 Å². The Bertz CT molecular complexity index is 143. The zero-order chi connectivity index (χ0) is 9.02. The zero-order valence-electron chi connectivity index (χ0n) is 8.29. The molecule has 0 atom stereocenters. The molecule has 0 heterocycles. The number of rotatable bonds is 1. The van der Waals surface area contributed by atoms with Crippen molar-refractivity contribution in [1.82, 2.24) is 9.57 Å². The van der Waals surface area contributed by atoms with Crippen LogP contribution in [0.2, 0.25) is 0 Å². The number of hydrogen-bond donors (Lipinski definition) is 0. The van der Waals surface area contributed by atoms with Gasteiger partial charge < -0.3 is 9.57 Å². The standard InChI is InChI=1S/C7H18N3P/c1-8-7(9(2)3)10(4)11(5)6/h1-6H3. The summed E-state index contributed by atoms with van der Waals surface area (Å²) >= 11 is 0. The van der Waals surface area contributed by atoms with Crippen LogP contribution in [0.3, 0.4) is 0 Å². The van der Waals surface area contributed by atoms with Crippen molar-refractivity contribution in [2.75, 3.05) is 41.5 Å². The minimum Gasteiger partial charge on any atom is -0.349 e. The maximum Gasteiger partial charge on any atom is 0.198 e. The fraction of sp³-hybridized carbons (Fsp3) is 0.857. The highest BCUT2D eigenvalue weighted by atomic mass is 31.1. The van der Waals surface area contributed by atoms with E-state index in [0.29, 0.717) is 0 Å². The molecular formula is C7H18N3P. The highest BCUT2D eigenvalue weighted by Gasteiger charge is 2.09. The largest absolute Gasteiger partial charge is 0.349 e. The van der Waals surface area contributed by atoms with Gasteiger partial charge in [0.15, 0.2) is 5.96 Å². The normalized spacial score (nSPS) is 12.1. The van der Waals surface area contributed by atoms with Crippen LogP contribution in [0.1, 0.15) is 0 Å². The summed E-state index contributed by atoms with van der Waals surface area (Å²) in [7, 11) is 7.85. The highest BCUT2D eigenvalue weighted by Crippen LogP contribution is 2.29. The minimum absolute atomic E-state index is 0.0784. The van der Waals surface area contributed by atoms with Gasteiger partial charge in [0.1, 0.15) is 0 Å². The Hall–Kier alpha value is -0.300. The van der Waals surface area contributed by atoms with Gasteiger partial charge in [-0.3, -0.25) is 4.99 Å². The molecule has 0 N–H and O–H groups in total. The lowest BCUT2D eigenvalue weighted by Gasteiger charge is -2.29. The van der Waals surface area contributed by atoms with Gasteiger partial charge in [-0.05, 0) is 21.4 Å². The molecule has 0 aromatic heterocycles. The molecular weight excluding hydrogens is 157 g/mol. The Kier molecular flexibility index (Phi) is 4.43. The molecule has 0 spiro atoms. The molecule has 0 amide bonds. The van der Waals surface area contributed by atoms with Crippen LogP contribution in [0.4, 0.5) is 0 Å². The van der Waals surface area contributed by atoms with E-state index in [9.17, 15) is 0 Å². The predicted octanol–water partition coefficient (Wildman–Crippen LogP) is 1.12. The first-order valence-electron chi connectivity index (χ1n) is 3.55. The first-order valence-corrected chi connectivity index (χ1v) is 5.74. The molecule has 0 saturated heterocycles. The van der Waals surface area contributed by atoms with Crippen molar-refractivity contribution >= 4 is 14.0 Å². The summed E-state index contributed by atoms with van der Waals surface area (Å²) < 4.78 is 2.20. The molecule has 0 unspecified atom stereocenters. The molecule has 0 aliphatic rings. The van der Waals surface area contributed by atoms with Crippen LogP contribution in [-0.4, -0.2) is 57.1 Å². The van der Waals surface area contributed by atoms with Gasteiger partial charge in [-0.25, -0.2) is 0 Å². The summed E-state index contributed by atoms with van der Waals surface area (Å²) in [6.07, 6.45) is 0. The smallest absolute Gasteiger partial charge is 0.198 e. The molecule has 0 aliphatic heterocycles. The van der Waals surface area contributed by atoms with Gasteiger partial charge in [0, 0.05) is 28.2 Å². The van der Waals surface area contributed by atoms with Crippen LogP contribution in [0.5, 0.6) is 0 Å². The monoisotopic (exact) mass is 175 g/mol.